The number of nitrogens with one attached hydrogen (secondary N) is 1. The standard InChI is InChI=1S/C15H16N2OS/c1-11(19-14-9-5-6-12(16)10-14)15(18)17-13-7-3-2-4-8-13/h2-11H,16H2,1H3,(H,17,18). The van der Waals surface area contributed by atoms with Gasteiger partial charge in [-0.3, -0.25) is 4.79 Å². The molecule has 0 saturated carbocycles. The van der Waals surface area contributed by atoms with Crippen LogP contribution in [0.2, 0.25) is 0 Å². The maximum atomic E-state index is 12.0. The second-order valence-corrected chi connectivity index (χ2v) is 5.60. The molecule has 3 nitrogen and oxygen atoms in total. The number of amides is 1. The highest BCUT2D eigenvalue weighted by atomic mass is 32.2. The number of thioether (sulfide) groups is 1. The van der Waals surface area contributed by atoms with Crippen molar-refractivity contribution in [1.29, 1.82) is 0 Å². The van der Waals surface area contributed by atoms with Gasteiger partial charge in [-0.05, 0) is 37.3 Å². The van der Waals surface area contributed by atoms with E-state index in [2.05, 4.69) is 5.32 Å². The molecule has 0 saturated heterocycles. The van der Waals surface area contributed by atoms with Crippen molar-refractivity contribution >= 4 is 29.0 Å². The molecule has 0 aromatic heterocycles. The fourth-order valence-corrected chi connectivity index (χ4v) is 2.55. The molecule has 0 spiro atoms. The zero-order valence-corrected chi connectivity index (χ0v) is 11.5. The molecule has 98 valence electrons. The number of hydrogen-bond acceptors (Lipinski definition) is 3. The van der Waals surface area contributed by atoms with E-state index >= 15 is 0 Å². The molecule has 2 aromatic rings. The summed E-state index contributed by atoms with van der Waals surface area (Å²) in [4.78, 5) is 13.0. The smallest absolute Gasteiger partial charge is 0.237 e. The van der Waals surface area contributed by atoms with Gasteiger partial charge in [0.15, 0.2) is 0 Å². The number of nitrogen functional groups attached to an aromatic ring is 1. The van der Waals surface area contributed by atoms with Gasteiger partial charge in [0, 0.05) is 16.3 Å². The predicted octanol–water partition coefficient (Wildman–Crippen LogP) is 3.39. The van der Waals surface area contributed by atoms with E-state index in [4.69, 9.17) is 5.73 Å². The van der Waals surface area contributed by atoms with E-state index in [0.29, 0.717) is 5.69 Å². The Hall–Kier alpha value is -1.94. The second-order valence-electron chi connectivity index (χ2n) is 4.19. The van der Waals surface area contributed by atoms with Crippen LogP contribution in [0.15, 0.2) is 59.5 Å². The number of para-hydroxylation sites is 1. The first-order chi connectivity index (χ1) is 9.15. The Morgan fingerprint density at radius 1 is 1.16 bits per heavy atom. The molecule has 0 aliphatic rings. The summed E-state index contributed by atoms with van der Waals surface area (Å²) in [5, 5.41) is 2.71. The van der Waals surface area contributed by atoms with E-state index in [1.807, 2.05) is 61.5 Å². The third-order valence-corrected chi connectivity index (χ3v) is 3.68. The van der Waals surface area contributed by atoms with Crippen LogP contribution in [0.25, 0.3) is 0 Å². The molecule has 1 amide bonds. The first-order valence-corrected chi connectivity index (χ1v) is 6.91. The van der Waals surface area contributed by atoms with Gasteiger partial charge in [-0.25, -0.2) is 0 Å². The van der Waals surface area contributed by atoms with E-state index in [9.17, 15) is 4.79 Å². The molecule has 0 aliphatic heterocycles. The number of carbonyl (C=O) groups is 1. The van der Waals surface area contributed by atoms with Crippen molar-refractivity contribution in [2.45, 2.75) is 17.1 Å². The number of benzene rings is 2. The van der Waals surface area contributed by atoms with Crippen LogP contribution in [0.4, 0.5) is 11.4 Å². The summed E-state index contributed by atoms with van der Waals surface area (Å²) in [6.45, 7) is 1.88. The van der Waals surface area contributed by atoms with Crippen LogP contribution in [0, 0.1) is 0 Å². The third-order valence-electron chi connectivity index (χ3n) is 2.58. The summed E-state index contributed by atoms with van der Waals surface area (Å²) in [5.74, 6) is -0.0152. The topological polar surface area (TPSA) is 55.1 Å². The molecule has 0 fully saturated rings. The monoisotopic (exact) mass is 272 g/mol. The maximum absolute atomic E-state index is 12.0. The Balaban J connectivity index is 1.96. The zero-order valence-electron chi connectivity index (χ0n) is 10.7. The van der Waals surface area contributed by atoms with Crippen molar-refractivity contribution in [2.75, 3.05) is 11.1 Å². The lowest BCUT2D eigenvalue weighted by molar-refractivity contribution is -0.115. The quantitative estimate of drug-likeness (QED) is 0.662. The van der Waals surface area contributed by atoms with Gasteiger partial charge in [-0.2, -0.15) is 0 Å². The van der Waals surface area contributed by atoms with Crippen LogP contribution in [0.3, 0.4) is 0 Å². The number of rotatable bonds is 4. The zero-order chi connectivity index (χ0) is 13.7. The lowest BCUT2D eigenvalue weighted by Crippen LogP contribution is -2.22. The molecule has 3 N–H and O–H groups in total. The molecule has 4 heteroatoms. The highest BCUT2D eigenvalue weighted by molar-refractivity contribution is 8.00. The van der Waals surface area contributed by atoms with Crippen LogP contribution < -0.4 is 11.1 Å². The van der Waals surface area contributed by atoms with Gasteiger partial charge in [0.05, 0.1) is 5.25 Å². The van der Waals surface area contributed by atoms with E-state index in [1.54, 1.807) is 0 Å². The van der Waals surface area contributed by atoms with Gasteiger partial charge in [-0.1, -0.05) is 24.3 Å². The summed E-state index contributed by atoms with van der Waals surface area (Å²) < 4.78 is 0. The Morgan fingerprint density at radius 2 is 1.89 bits per heavy atom. The highest BCUT2D eigenvalue weighted by Gasteiger charge is 2.14. The lowest BCUT2D eigenvalue weighted by Gasteiger charge is -2.12. The van der Waals surface area contributed by atoms with Gasteiger partial charge in [0.1, 0.15) is 0 Å². The van der Waals surface area contributed by atoms with Gasteiger partial charge in [0.25, 0.3) is 0 Å². The van der Waals surface area contributed by atoms with Gasteiger partial charge < -0.3 is 11.1 Å². The summed E-state index contributed by atoms with van der Waals surface area (Å²) in [6.07, 6.45) is 0. The van der Waals surface area contributed by atoms with Gasteiger partial charge in [-0.15, -0.1) is 11.8 Å². The second kappa shape index (κ2) is 6.29. The highest BCUT2D eigenvalue weighted by Crippen LogP contribution is 2.25. The van der Waals surface area contributed by atoms with Crippen LogP contribution in [0.5, 0.6) is 0 Å². The Labute approximate surface area is 117 Å². The van der Waals surface area contributed by atoms with E-state index in [0.717, 1.165) is 10.6 Å². The lowest BCUT2D eigenvalue weighted by atomic mass is 10.3. The summed E-state index contributed by atoms with van der Waals surface area (Å²) in [6, 6.07) is 17.0. The first-order valence-electron chi connectivity index (χ1n) is 6.03. The normalized spacial score (nSPS) is 11.8. The van der Waals surface area contributed by atoms with Gasteiger partial charge >= 0.3 is 0 Å². The van der Waals surface area contributed by atoms with Crippen molar-refractivity contribution < 1.29 is 4.79 Å². The minimum absolute atomic E-state index is 0.0152. The Kier molecular flexibility index (Phi) is 4.47. The molecule has 0 bridgehead atoms. The summed E-state index contributed by atoms with van der Waals surface area (Å²) >= 11 is 1.49. The SMILES string of the molecule is CC(Sc1cccc(N)c1)C(=O)Nc1ccccc1. The van der Waals surface area contributed by atoms with E-state index < -0.39 is 0 Å². The number of anilines is 2. The molecule has 1 unspecified atom stereocenters. The molecule has 2 rings (SSSR count). The maximum Gasteiger partial charge on any atom is 0.237 e. The summed E-state index contributed by atoms with van der Waals surface area (Å²) in [5.41, 5.74) is 7.24. The molecule has 1 atom stereocenters. The average Bonchev–Trinajstić information content (AvgIpc) is 2.40. The van der Waals surface area contributed by atoms with Crippen LogP contribution in [-0.2, 0) is 4.79 Å². The van der Waals surface area contributed by atoms with Crippen molar-refractivity contribution in [3.63, 3.8) is 0 Å². The molecule has 19 heavy (non-hydrogen) atoms. The fourth-order valence-electron chi connectivity index (χ4n) is 1.61. The molecule has 0 radical (unpaired) electrons. The Bertz CT molecular complexity index is 557. The molecule has 0 heterocycles. The minimum atomic E-state index is -0.179. The fraction of sp³-hybridized carbons (Fsp3) is 0.133. The first kappa shape index (κ1) is 13.5. The van der Waals surface area contributed by atoms with Crippen LogP contribution in [0.1, 0.15) is 6.92 Å². The predicted molar refractivity (Wildman–Crippen MR) is 81.2 cm³/mol. The molecule has 2 aromatic carbocycles. The molecule has 0 aliphatic carbocycles. The largest absolute Gasteiger partial charge is 0.399 e. The van der Waals surface area contributed by atoms with Crippen molar-refractivity contribution in [2.24, 2.45) is 0 Å². The van der Waals surface area contributed by atoms with Crippen LogP contribution in [-0.4, -0.2) is 11.2 Å². The van der Waals surface area contributed by atoms with Crippen LogP contribution >= 0.6 is 11.8 Å². The van der Waals surface area contributed by atoms with Crippen molar-refractivity contribution in [3.05, 3.63) is 54.6 Å². The van der Waals surface area contributed by atoms with Crippen molar-refractivity contribution in [1.82, 2.24) is 0 Å². The van der Waals surface area contributed by atoms with E-state index in [1.165, 1.54) is 11.8 Å². The number of nitrogens with two attached hydrogens (primary N) is 1. The van der Waals surface area contributed by atoms with Crippen molar-refractivity contribution in [3.8, 4) is 0 Å². The molecular formula is C15H16N2OS. The number of hydrogen-bond donors (Lipinski definition) is 2. The Morgan fingerprint density at radius 3 is 2.58 bits per heavy atom. The van der Waals surface area contributed by atoms with Gasteiger partial charge in [0.2, 0.25) is 5.91 Å². The molecular weight excluding hydrogens is 256 g/mol. The minimum Gasteiger partial charge on any atom is -0.399 e. The summed E-state index contributed by atoms with van der Waals surface area (Å²) in [7, 11) is 0. The number of carbonyl (C=O) groups excluding carboxylic acids is 1. The third kappa shape index (κ3) is 4.03. The average molecular weight is 272 g/mol. The van der Waals surface area contributed by atoms with E-state index in [-0.39, 0.29) is 11.2 Å².